The number of hydrogen-bond donors (Lipinski definition) is 2. The molecule has 2 aromatic heterocycles. The minimum Gasteiger partial charge on any atom is -0.349 e. The highest BCUT2D eigenvalue weighted by atomic mass is 16.1. The van der Waals surface area contributed by atoms with Gasteiger partial charge in [-0.1, -0.05) is 0 Å². The van der Waals surface area contributed by atoms with Crippen LogP contribution in [0.2, 0.25) is 0 Å². The summed E-state index contributed by atoms with van der Waals surface area (Å²) in [5.74, 6) is 0.624. The van der Waals surface area contributed by atoms with Crippen LogP contribution in [-0.2, 0) is 0 Å². The molecule has 1 amide bonds. The fourth-order valence-electron chi connectivity index (χ4n) is 3.32. The van der Waals surface area contributed by atoms with E-state index in [-0.39, 0.29) is 5.91 Å². The van der Waals surface area contributed by atoms with Crippen LogP contribution >= 0.6 is 0 Å². The largest absolute Gasteiger partial charge is 0.349 e. The number of rotatable bonds is 2. The Bertz CT molecular complexity index is 635. The molecule has 4 rings (SSSR count). The Hall–Kier alpha value is -1.88. The monoisotopic (exact) mass is 256 g/mol. The molecule has 0 radical (unpaired) electrons. The van der Waals surface area contributed by atoms with Gasteiger partial charge in [0, 0.05) is 24.8 Å². The number of carbonyl (C=O) groups excluding carboxylic acids is 1. The number of nitrogens with zero attached hydrogens (tertiary/aromatic N) is 2. The Morgan fingerprint density at radius 3 is 3.16 bits per heavy atom. The maximum absolute atomic E-state index is 12.3. The van der Waals surface area contributed by atoms with Crippen LogP contribution in [0.15, 0.2) is 30.9 Å². The van der Waals surface area contributed by atoms with Crippen LogP contribution in [0, 0.1) is 5.92 Å². The lowest BCUT2D eigenvalue weighted by Gasteiger charge is -2.23. The molecule has 5 heteroatoms. The Morgan fingerprint density at radius 1 is 1.42 bits per heavy atom. The summed E-state index contributed by atoms with van der Waals surface area (Å²) in [4.78, 5) is 16.3. The van der Waals surface area contributed by atoms with Gasteiger partial charge in [-0.3, -0.25) is 4.79 Å². The number of nitrogens with one attached hydrogen (secondary N) is 2. The van der Waals surface area contributed by atoms with E-state index in [4.69, 9.17) is 0 Å². The van der Waals surface area contributed by atoms with Crippen LogP contribution in [0.1, 0.15) is 23.2 Å². The summed E-state index contributed by atoms with van der Waals surface area (Å²) >= 11 is 0. The lowest BCUT2D eigenvalue weighted by Crippen LogP contribution is -2.44. The lowest BCUT2D eigenvalue weighted by molar-refractivity contribution is 0.0924. The summed E-state index contributed by atoms with van der Waals surface area (Å²) in [5.41, 5.74) is 1.70. The van der Waals surface area contributed by atoms with E-state index in [0.29, 0.717) is 23.6 Å². The molecule has 2 aromatic rings. The summed E-state index contributed by atoms with van der Waals surface area (Å²) in [6.45, 7) is 1.04. The van der Waals surface area contributed by atoms with Crippen LogP contribution in [0.5, 0.6) is 0 Å². The maximum atomic E-state index is 12.3. The van der Waals surface area contributed by atoms with Crippen molar-refractivity contribution in [2.45, 2.75) is 24.9 Å². The molecule has 2 aliphatic rings. The van der Waals surface area contributed by atoms with Crippen molar-refractivity contribution in [1.82, 2.24) is 20.0 Å². The number of pyridine rings is 1. The molecule has 3 heterocycles. The molecule has 19 heavy (non-hydrogen) atoms. The van der Waals surface area contributed by atoms with E-state index in [0.717, 1.165) is 18.5 Å². The highest BCUT2D eigenvalue weighted by molar-refractivity contribution is 5.94. The molecular weight excluding hydrogens is 240 g/mol. The second kappa shape index (κ2) is 4.06. The van der Waals surface area contributed by atoms with Crippen LogP contribution in [0.4, 0.5) is 0 Å². The molecule has 0 aromatic carbocycles. The minimum absolute atomic E-state index is 0.0214. The first kappa shape index (κ1) is 11.0. The van der Waals surface area contributed by atoms with Gasteiger partial charge in [0.2, 0.25) is 0 Å². The summed E-state index contributed by atoms with van der Waals surface area (Å²) in [7, 11) is 0. The third kappa shape index (κ3) is 1.81. The molecule has 0 unspecified atom stereocenters. The maximum Gasteiger partial charge on any atom is 0.253 e. The zero-order chi connectivity index (χ0) is 12.8. The van der Waals surface area contributed by atoms with Crippen molar-refractivity contribution in [3.63, 3.8) is 0 Å². The van der Waals surface area contributed by atoms with Crippen LogP contribution in [0.3, 0.4) is 0 Å². The minimum atomic E-state index is 0.0214. The van der Waals surface area contributed by atoms with Gasteiger partial charge >= 0.3 is 0 Å². The fourth-order valence-corrected chi connectivity index (χ4v) is 3.32. The van der Waals surface area contributed by atoms with Crippen molar-refractivity contribution in [1.29, 1.82) is 0 Å². The third-order valence-electron chi connectivity index (χ3n) is 4.35. The number of aromatic nitrogens is 2. The van der Waals surface area contributed by atoms with Crippen molar-refractivity contribution in [3.8, 4) is 0 Å². The van der Waals surface area contributed by atoms with Crippen molar-refractivity contribution >= 4 is 11.4 Å². The molecule has 3 atom stereocenters. The molecule has 2 N–H and O–H groups in total. The molecule has 1 aliphatic carbocycles. The number of hydrogen-bond acceptors (Lipinski definition) is 3. The van der Waals surface area contributed by atoms with E-state index in [2.05, 4.69) is 15.6 Å². The smallest absolute Gasteiger partial charge is 0.253 e. The summed E-state index contributed by atoms with van der Waals surface area (Å²) in [5, 5.41) is 6.63. The summed E-state index contributed by atoms with van der Waals surface area (Å²) < 4.78 is 1.87. The van der Waals surface area contributed by atoms with Crippen LogP contribution in [-0.4, -0.2) is 33.9 Å². The van der Waals surface area contributed by atoms with Gasteiger partial charge in [0.25, 0.3) is 5.91 Å². The van der Waals surface area contributed by atoms with Crippen molar-refractivity contribution in [2.75, 3.05) is 6.54 Å². The highest BCUT2D eigenvalue weighted by Crippen LogP contribution is 2.31. The summed E-state index contributed by atoms with van der Waals surface area (Å²) in [6, 6.07) is 4.71. The Morgan fingerprint density at radius 2 is 2.37 bits per heavy atom. The van der Waals surface area contributed by atoms with Gasteiger partial charge in [-0.25, -0.2) is 4.98 Å². The zero-order valence-electron chi connectivity index (χ0n) is 10.5. The third-order valence-corrected chi connectivity index (χ3v) is 4.35. The van der Waals surface area contributed by atoms with Crippen LogP contribution in [0.25, 0.3) is 5.52 Å². The Balaban J connectivity index is 1.53. The first-order valence-corrected chi connectivity index (χ1v) is 6.75. The second-order valence-corrected chi connectivity index (χ2v) is 5.56. The average Bonchev–Trinajstić information content (AvgIpc) is 3.13. The number of carbonyl (C=O) groups is 1. The standard InChI is InChI=1S/C14H16N4O/c19-14(17-13-4-11-3-10(13)5-16-11)9-1-2-12-6-15-8-18(12)7-9/h1-2,6-8,10-11,13,16H,3-5H2,(H,17,19)/t10-,11+,13+/m0/s1. The predicted octanol–water partition coefficient (Wildman–Crippen LogP) is 0.814. The van der Waals surface area contributed by atoms with Gasteiger partial charge in [0.1, 0.15) is 0 Å². The molecule has 5 nitrogen and oxygen atoms in total. The summed E-state index contributed by atoms with van der Waals surface area (Å²) in [6.07, 6.45) is 7.59. The van der Waals surface area contributed by atoms with Gasteiger partial charge in [0.05, 0.1) is 23.6 Å². The van der Waals surface area contributed by atoms with E-state index in [1.165, 1.54) is 6.42 Å². The number of amides is 1. The van der Waals surface area contributed by atoms with E-state index in [1.807, 2.05) is 22.7 Å². The van der Waals surface area contributed by atoms with E-state index < -0.39 is 0 Å². The predicted molar refractivity (Wildman–Crippen MR) is 71.0 cm³/mol. The first-order valence-electron chi connectivity index (χ1n) is 6.75. The second-order valence-electron chi connectivity index (χ2n) is 5.56. The number of piperidine rings is 1. The van der Waals surface area contributed by atoms with Gasteiger partial charge in [-0.05, 0) is 30.9 Å². The quantitative estimate of drug-likeness (QED) is 0.836. The van der Waals surface area contributed by atoms with Crippen LogP contribution < -0.4 is 10.6 Å². The molecule has 98 valence electrons. The molecule has 1 saturated carbocycles. The number of fused-ring (bicyclic) bond motifs is 3. The molecular formula is C14H16N4O. The van der Waals surface area contributed by atoms with Crippen molar-refractivity contribution in [2.24, 2.45) is 5.92 Å². The van der Waals surface area contributed by atoms with Gasteiger partial charge in [0.15, 0.2) is 0 Å². The Labute approximate surface area is 111 Å². The average molecular weight is 256 g/mol. The molecule has 1 saturated heterocycles. The van der Waals surface area contributed by atoms with E-state index in [9.17, 15) is 4.79 Å². The molecule has 1 aliphatic heterocycles. The van der Waals surface area contributed by atoms with Gasteiger partial charge in [-0.15, -0.1) is 0 Å². The SMILES string of the molecule is O=C(N[C@@H]1C[C@H]2C[C@H]1CN2)c1ccc2cncn2c1. The van der Waals surface area contributed by atoms with E-state index >= 15 is 0 Å². The fraction of sp³-hybridized carbons (Fsp3) is 0.429. The first-order chi connectivity index (χ1) is 9.29. The van der Waals surface area contributed by atoms with Gasteiger partial charge < -0.3 is 15.0 Å². The normalized spacial score (nSPS) is 28.9. The Kier molecular flexibility index (Phi) is 2.35. The molecule has 2 fully saturated rings. The van der Waals surface area contributed by atoms with Gasteiger partial charge in [-0.2, -0.15) is 0 Å². The highest BCUT2D eigenvalue weighted by Gasteiger charge is 2.40. The van der Waals surface area contributed by atoms with Crippen molar-refractivity contribution in [3.05, 3.63) is 36.4 Å². The van der Waals surface area contributed by atoms with E-state index in [1.54, 1.807) is 12.5 Å². The number of imidazole rings is 1. The lowest BCUT2D eigenvalue weighted by atomic mass is 10.0. The topological polar surface area (TPSA) is 58.4 Å². The zero-order valence-corrected chi connectivity index (χ0v) is 10.5. The molecule has 2 bridgehead atoms. The molecule has 0 spiro atoms. The van der Waals surface area contributed by atoms with Crippen molar-refractivity contribution < 1.29 is 4.79 Å².